The van der Waals surface area contributed by atoms with Crippen molar-refractivity contribution in [3.63, 3.8) is 0 Å². The summed E-state index contributed by atoms with van der Waals surface area (Å²) in [5.41, 5.74) is 0. The molecule has 0 aromatic heterocycles. The van der Waals surface area contributed by atoms with E-state index < -0.39 is 61.6 Å². The molecule has 0 aromatic rings. The normalized spacial score (nSPS) is 19.3. The SMILES string of the molecule is CCCCC([O-])CC([O-])N1CCOCC1.CCCCC([O-])CC([O-])N1CCOCC1.[O]=[Mo+2]=[O].[O]=[Mo+2]=[O]. The Hall–Kier alpha value is 0.257. The van der Waals surface area contributed by atoms with E-state index in [4.69, 9.17) is 23.1 Å². The average molecular weight is 686 g/mol. The van der Waals surface area contributed by atoms with E-state index in [0.29, 0.717) is 65.4 Å². The number of ether oxygens (including phenoxy) is 2. The van der Waals surface area contributed by atoms with Crippen LogP contribution in [-0.4, -0.2) is 87.1 Å². The molecular formula is C22H42Mo2N2O10. The van der Waals surface area contributed by atoms with E-state index in [0.717, 1.165) is 25.7 Å². The Morgan fingerprint density at radius 1 is 0.639 bits per heavy atom. The minimum absolute atomic E-state index is 0.236. The predicted molar refractivity (Wildman–Crippen MR) is 111 cm³/mol. The molecule has 4 atom stereocenters. The topological polar surface area (TPSA) is 185 Å². The maximum atomic E-state index is 11.7. The monoisotopic (exact) mass is 690 g/mol. The average Bonchev–Trinajstić information content (AvgIpc) is 2.88. The van der Waals surface area contributed by atoms with Crippen molar-refractivity contribution < 1.29 is 80.5 Å². The van der Waals surface area contributed by atoms with Crippen molar-refractivity contribution in [3.8, 4) is 0 Å². The van der Waals surface area contributed by atoms with Crippen LogP contribution in [0.25, 0.3) is 0 Å². The van der Waals surface area contributed by atoms with Gasteiger partial charge in [-0.15, -0.1) is 12.2 Å². The van der Waals surface area contributed by atoms with Crippen LogP contribution in [0.1, 0.15) is 65.2 Å². The molecular weight excluding hydrogens is 644 g/mol. The van der Waals surface area contributed by atoms with Gasteiger partial charge in [-0.05, 0) is 0 Å². The molecule has 0 N–H and O–H groups in total. The Bertz CT molecular complexity index is 507. The molecule has 0 aliphatic carbocycles. The molecule has 212 valence electrons. The summed E-state index contributed by atoms with van der Waals surface area (Å²) in [6, 6.07) is 0. The molecule has 4 unspecified atom stereocenters. The van der Waals surface area contributed by atoms with Crippen molar-refractivity contribution in [1.29, 1.82) is 0 Å². The standard InChI is InChI=1S/2C11H21NO3.2Mo.4O/c2*1-2-3-4-10(13)9-11(14)12-5-7-15-8-6-12;;;;;;/h2*10-11H,2-9H2,1H3;;;;;;/q2*-2;2*+2;;;;. The second-order valence-corrected chi connectivity index (χ2v) is 9.01. The van der Waals surface area contributed by atoms with Gasteiger partial charge in [-0.25, -0.2) is 0 Å². The molecule has 0 aromatic carbocycles. The van der Waals surface area contributed by atoms with Crippen LogP contribution in [0.3, 0.4) is 0 Å². The Balaban J connectivity index is 0. The zero-order valence-corrected chi connectivity index (χ0v) is 25.4. The molecule has 0 bridgehead atoms. The molecule has 2 rings (SSSR count). The third-order valence-electron chi connectivity index (χ3n) is 5.59. The van der Waals surface area contributed by atoms with E-state index in [2.05, 4.69) is 13.8 Å². The summed E-state index contributed by atoms with van der Waals surface area (Å²) in [7, 11) is 0. The molecule has 2 heterocycles. The maximum absolute atomic E-state index is 11.7. The van der Waals surface area contributed by atoms with Crippen molar-refractivity contribution in [3.05, 3.63) is 0 Å². The summed E-state index contributed by atoms with van der Waals surface area (Å²) < 4.78 is 44.3. The van der Waals surface area contributed by atoms with Crippen LogP contribution >= 0.6 is 0 Å². The van der Waals surface area contributed by atoms with E-state index in [1.54, 1.807) is 0 Å². The van der Waals surface area contributed by atoms with E-state index >= 15 is 0 Å². The molecule has 36 heavy (non-hydrogen) atoms. The zero-order valence-electron chi connectivity index (χ0n) is 21.4. The molecule has 14 heteroatoms. The van der Waals surface area contributed by atoms with Crippen LogP contribution in [0.5, 0.6) is 0 Å². The van der Waals surface area contributed by atoms with Crippen molar-refractivity contribution in [1.82, 2.24) is 9.80 Å². The van der Waals surface area contributed by atoms with Crippen LogP contribution in [0.15, 0.2) is 0 Å². The number of morpholine rings is 2. The van der Waals surface area contributed by atoms with Gasteiger partial charge in [0.15, 0.2) is 0 Å². The Morgan fingerprint density at radius 2 is 0.917 bits per heavy atom. The zero-order chi connectivity index (χ0) is 27.6. The molecule has 0 radical (unpaired) electrons. The number of hydrogen-bond acceptors (Lipinski definition) is 12. The van der Waals surface area contributed by atoms with Crippen LogP contribution in [0, 0.1) is 0 Å². The van der Waals surface area contributed by atoms with Crippen LogP contribution < -0.4 is 20.4 Å². The van der Waals surface area contributed by atoms with Crippen molar-refractivity contribution in [2.45, 2.75) is 89.9 Å². The summed E-state index contributed by atoms with van der Waals surface area (Å²) >= 11 is -4.06. The Morgan fingerprint density at radius 3 is 1.17 bits per heavy atom. The van der Waals surface area contributed by atoms with E-state index in [-0.39, 0.29) is 12.8 Å². The van der Waals surface area contributed by atoms with Gasteiger partial charge in [0.05, 0.1) is 26.4 Å². The second-order valence-electron chi connectivity index (χ2n) is 8.34. The second kappa shape index (κ2) is 28.3. The summed E-state index contributed by atoms with van der Waals surface area (Å²) in [6.45, 7) is 9.31. The van der Waals surface area contributed by atoms with Gasteiger partial charge in [0.1, 0.15) is 0 Å². The molecule has 0 saturated carbocycles. The molecule has 0 spiro atoms. The summed E-state index contributed by atoms with van der Waals surface area (Å²) in [6.07, 6.45) is 2.65. The van der Waals surface area contributed by atoms with Crippen molar-refractivity contribution in [2.75, 3.05) is 52.6 Å². The number of nitrogens with zero attached hydrogens (tertiary/aromatic N) is 2. The molecule has 2 aliphatic heterocycles. The van der Waals surface area contributed by atoms with Gasteiger partial charge in [-0.1, -0.05) is 77.7 Å². The fraction of sp³-hybridized carbons (Fsp3) is 1.00. The quantitative estimate of drug-likeness (QED) is 0.209. The fourth-order valence-electron chi connectivity index (χ4n) is 3.58. The van der Waals surface area contributed by atoms with Gasteiger partial charge in [0.25, 0.3) is 0 Å². The van der Waals surface area contributed by atoms with E-state index in [1.165, 1.54) is 0 Å². The minimum atomic E-state index is -2.03. The summed E-state index contributed by atoms with van der Waals surface area (Å²) in [5, 5.41) is 46.4. The number of rotatable bonds is 12. The molecule has 2 saturated heterocycles. The molecule has 0 amide bonds. The first-order chi connectivity index (χ1) is 17.3. The number of hydrogen-bond donors (Lipinski definition) is 0. The van der Waals surface area contributed by atoms with Crippen molar-refractivity contribution in [2.24, 2.45) is 0 Å². The van der Waals surface area contributed by atoms with Crippen LogP contribution in [-0.2, 0) is 60.0 Å². The summed E-state index contributed by atoms with van der Waals surface area (Å²) in [5.74, 6) is 0. The van der Waals surface area contributed by atoms with E-state index in [9.17, 15) is 20.4 Å². The first-order valence-corrected chi connectivity index (χ1v) is 15.7. The van der Waals surface area contributed by atoms with Gasteiger partial charge >= 0.3 is 50.6 Å². The van der Waals surface area contributed by atoms with Gasteiger partial charge in [-0.3, -0.25) is 0 Å². The number of unbranched alkanes of at least 4 members (excludes halogenated alkanes) is 2. The molecule has 12 nitrogen and oxygen atoms in total. The fourth-order valence-corrected chi connectivity index (χ4v) is 3.58. The van der Waals surface area contributed by atoms with Crippen LogP contribution in [0.2, 0.25) is 0 Å². The van der Waals surface area contributed by atoms with Gasteiger partial charge in [0, 0.05) is 26.2 Å². The first kappa shape index (κ1) is 38.4. The van der Waals surface area contributed by atoms with Gasteiger partial charge in [-0.2, -0.15) is 0 Å². The van der Waals surface area contributed by atoms with Crippen LogP contribution in [0.4, 0.5) is 0 Å². The third-order valence-corrected chi connectivity index (χ3v) is 5.59. The van der Waals surface area contributed by atoms with Gasteiger partial charge < -0.3 is 39.7 Å². The third kappa shape index (κ3) is 23.4. The molecule has 2 aliphatic rings. The first-order valence-electron chi connectivity index (χ1n) is 12.4. The Kier molecular flexibility index (Phi) is 30.2. The van der Waals surface area contributed by atoms with E-state index in [1.807, 2.05) is 9.80 Å². The predicted octanol–water partition coefficient (Wildman–Crippen LogP) is -1.85. The Labute approximate surface area is 232 Å². The van der Waals surface area contributed by atoms with Gasteiger partial charge in [0.2, 0.25) is 0 Å². The molecule has 2 fully saturated rings. The summed E-state index contributed by atoms with van der Waals surface area (Å²) in [4.78, 5) is 3.64. The van der Waals surface area contributed by atoms with Crippen molar-refractivity contribution >= 4 is 0 Å².